The molecule has 0 bridgehead atoms. The standard InChI is InChI=1S/C13H26N2O4/c1-13(2,3)19-12(17)14-9-7-5-6-8-11(16)15-10-18-4/h5-10H2,1-4H3,(H,14,17)(H,15,16). The number of carbonyl (C=O) groups excluding carboxylic acids is 2. The minimum Gasteiger partial charge on any atom is -0.444 e. The maximum absolute atomic E-state index is 11.3. The molecule has 0 fully saturated rings. The molecule has 0 aromatic carbocycles. The van der Waals surface area contributed by atoms with Gasteiger partial charge in [-0.15, -0.1) is 0 Å². The fourth-order valence-electron chi connectivity index (χ4n) is 1.33. The summed E-state index contributed by atoms with van der Waals surface area (Å²) in [5.41, 5.74) is -0.469. The monoisotopic (exact) mass is 274 g/mol. The Labute approximate surface area is 115 Å². The summed E-state index contributed by atoms with van der Waals surface area (Å²) in [7, 11) is 1.53. The predicted molar refractivity (Wildman–Crippen MR) is 72.7 cm³/mol. The third-order valence-corrected chi connectivity index (χ3v) is 2.16. The number of rotatable bonds is 8. The lowest BCUT2D eigenvalue weighted by Gasteiger charge is -2.19. The van der Waals surface area contributed by atoms with E-state index in [2.05, 4.69) is 10.6 Å². The van der Waals surface area contributed by atoms with Crippen molar-refractivity contribution in [3.05, 3.63) is 0 Å². The van der Waals surface area contributed by atoms with Gasteiger partial charge in [0.05, 0.1) is 0 Å². The van der Waals surface area contributed by atoms with E-state index in [9.17, 15) is 9.59 Å². The first-order valence-corrected chi connectivity index (χ1v) is 6.57. The molecule has 0 rings (SSSR count). The smallest absolute Gasteiger partial charge is 0.407 e. The van der Waals surface area contributed by atoms with Crippen LogP contribution in [-0.2, 0) is 14.3 Å². The first kappa shape index (κ1) is 17.7. The highest BCUT2D eigenvalue weighted by atomic mass is 16.6. The molecule has 0 aromatic rings. The van der Waals surface area contributed by atoms with Crippen molar-refractivity contribution in [2.45, 2.75) is 52.1 Å². The van der Waals surface area contributed by atoms with E-state index < -0.39 is 11.7 Å². The van der Waals surface area contributed by atoms with Gasteiger partial charge in [0.1, 0.15) is 12.3 Å². The molecular formula is C13H26N2O4. The van der Waals surface area contributed by atoms with E-state index in [0.29, 0.717) is 13.0 Å². The van der Waals surface area contributed by atoms with E-state index in [0.717, 1.165) is 19.3 Å². The number of methoxy groups -OCH3 is 1. The molecule has 0 aromatic heterocycles. The van der Waals surface area contributed by atoms with Crippen LogP contribution in [0.1, 0.15) is 46.5 Å². The first-order valence-electron chi connectivity index (χ1n) is 6.57. The molecule has 0 aliphatic heterocycles. The van der Waals surface area contributed by atoms with Gasteiger partial charge in [0, 0.05) is 20.1 Å². The van der Waals surface area contributed by atoms with Crippen LogP contribution in [0.15, 0.2) is 0 Å². The second-order valence-electron chi connectivity index (χ2n) is 5.27. The van der Waals surface area contributed by atoms with E-state index >= 15 is 0 Å². The van der Waals surface area contributed by atoms with Crippen LogP contribution in [0.3, 0.4) is 0 Å². The summed E-state index contributed by atoms with van der Waals surface area (Å²) in [5, 5.41) is 5.30. The lowest BCUT2D eigenvalue weighted by atomic mass is 10.2. The molecule has 0 unspecified atom stereocenters. The molecule has 0 spiro atoms. The lowest BCUT2D eigenvalue weighted by Crippen LogP contribution is -2.33. The van der Waals surface area contributed by atoms with Crippen molar-refractivity contribution in [1.29, 1.82) is 0 Å². The van der Waals surface area contributed by atoms with Gasteiger partial charge in [0.25, 0.3) is 0 Å². The Morgan fingerprint density at radius 1 is 1.05 bits per heavy atom. The molecule has 19 heavy (non-hydrogen) atoms. The zero-order chi connectivity index (χ0) is 14.7. The number of ether oxygens (including phenoxy) is 2. The maximum Gasteiger partial charge on any atom is 0.407 e. The average Bonchev–Trinajstić information content (AvgIpc) is 2.28. The van der Waals surface area contributed by atoms with Crippen molar-refractivity contribution >= 4 is 12.0 Å². The normalized spacial score (nSPS) is 10.9. The van der Waals surface area contributed by atoms with Crippen LogP contribution < -0.4 is 10.6 Å². The molecule has 0 atom stereocenters. The number of hydrogen-bond donors (Lipinski definition) is 2. The van der Waals surface area contributed by atoms with Crippen LogP contribution in [0.5, 0.6) is 0 Å². The van der Waals surface area contributed by atoms with E-state index in [4.69, 9.17) is 9.47 Å². The van der Waals surface area contributed by atoms with Gasteiger partial charge >= 0.3 is 6.09 Å². The average molecular weight is 274 g/mol. The van der Waals surface area contributed by atoms with Crippen molar-refractivity contribution in [3.8, 4) is 0 Å². The minimum atomic E-state index is -0.469. The molecular weight excluding hydrogens is 248 g/mol. The zero-order valence-electron chi connectivity index (χ0n) is 12.4. The fraction of sp³-hybridized carbons (Fsp3) is 0.846. The van der Waals surface area contributed by atoms with Gasteiger partial charge in [-0.1, -0.05) is 6.42 Å². The number of hydrogen-bond acceptors (Lipinski definition) is 4. The summed E-state index contributed by atoms with van der Waals surface area (Å²) in [6.07, 6.45) is 2.60. The number of amides is 2. The largest absolute Gasteiger partial charge is 0.444 e. The molecule has 0 saturated carbocycles. The van der Waals surface area contributed by atoms with Gasteiger partial charge in [-0.3, -0.25) is 4.79 Å². The summed E-state index contributed by atoms with van der Waals surface area (Å²) in [6, 6.07) is 0. The number of carbonyl (C=O) groups is 2. The van der Waals surface area contributed by atoms with Crippen molar-refractivity contribution in [3.63, 3.8) is 0 Å². The second-order valence-corrected chi connectivity index (χ2v) is 5.27. The third-order valence-electron chi connectivity index (χ3n) is 2.16. The zero-order valence-corrected chi connectivity index (χ0v) is 12.4. The van der Waals surface area contributed by atoms with E-state index in [1.165, 1.54) is 7.11 Å². The van der Waals surface area contributed by atoms with Crippen LogP contribution in [0.2, 0.25) is 0 Å². The van der Waals surface area contributed by atoms with Crippen LogP contribution in [-0.4, -0.2) is 38.0 Å². The Morgan fingerprint density at radius 3 is 2.32 bits per heavy atom. The van der Waals surface area contributed by atoms with Gasteiger partial charge < -0.3 is 20.1 Å². The van der Waals surface area contributed by atoms with Crippen molar-refractivity contribution in [2.75, 3.05) is 20.4 Å². The highest BCUT2D eigenvalue weighted by Gasteiger charge is 2.15. The van der Waals surface area contributed by atoms with E-state index in [1.54, 1.807) is 0 Å². The Kier molecular flexibility index (Phi) is 8.95. The molecule has 2 N–H and O–H groups in total. The van der Waals surface area contributed by atoms with Crippen molar-refractivity contribution < 1.29 is 19.1 Å². The van der Waals surface area contributed by atoms with Gasteiger partial charge in [-0.2, -0.15) is 0 Å². The predicted octanol–water partition coefficient (Wildman–Crippen LogP) is 1.79. The number of nitrogens with one attached hydrogen (secondary N) is 2. The lowest BCUT2D eigenvalue weighted by molar-refractivity contribution is -0.122. The molecule has 6 heteroatoms. The summed E-state index contributed by atoms with van der Waals surface area (Å²) < 4.78 is 9.83. The summed E-state index contributed by atoms with van der Waals surface area (Å²) >= 11 is 0. The molecule has 112 valence electrons. The Balaban J connectivity index is 3.41. The van der Waals surface area contributed by atoms with Crippen LogP contribution in [0.4, 0.5) is 4.79 Å². The van der Waals surface area contributed by atoms with Gasteiger partial charge in [0.15, 0.2) is 0 Å². The fourth-order valence-corrected chi connectivity index (χ4v) is 1.33. The van der Waals surface area contributed by atoms with Gasteiger partial charge in [-0.25, -0.2) is 4.79 Å². The molecule has 0 saturated heterocycles. The summed E-state index contributed by atoms with van der Waals surface area (Å²) in [5.74, 6) is -0.0121. The van der Waals surface area contributed by atoms with Crippen LogP contribution >= 0.6 is 0 Å². The van der Waals surface area contributed by atoms with Gasteiger partial charge in [0.2, 0.25) is 5.91 Å². The molecule has 0 radical (unpaired) electrons. The highest BCUT2D eigenvalue weighted by molar-refractivity contribution is 5.75. The maximum atomic E-state index is 11.3. The Bertz CT molecular complexity index is 274. The van der Waals surface area contributed by atoms with Crippen molar-refractivity contribution in [2.24, 2.45) is 0 Å². The third kappa shape index (κ3) is 12.9. The summed E-state index contributed by atoms with van der Waals surface area (Å²) in [6.45, 7) is 6.29. The molecule has 6 nitrogen and oxygen atoms in total. The first-order chi connectivity index (χ1) is 8.85. The molecule has 0 aliphatic rings. The number of alkyl carbamates (subject to hydrolysis) is 1. The number of unbranched alkanes of at least 4 members (excludes halogenated alkanes) is 2. The van der Waals surface area contributed by atoms with Crippen LogP contribution in [0, 0.1) is 0 Å². The Hall–Kier alpha value is -1.30. The second kappa shape index (κ2) is 9.61. The topological polar surface area (TPSA) is 76.7 Å². The quantitative estimate of drug-likeness (QED) is 0.522. The van der Waals surface area contributed by atoms with Crippen molar-refractivity contribution in [1.82, 2.24) is 10.6 Å². The summed E-state index contributed by atoms with van der Waals surface area (Å²) in [4.78, 5) is 22.5. The molecule has 0 aliphatic carbocycles. The van der Waals surface area contributed by atoms with Crippen LogP contribution in [0.25, 0.3) is 0 Å². The van der Waals surface area contributed by atoms with E-state index in [-0.39, 0.29) is 12.6 Å². The van der Waals surface area contributed by atoms with E-state index in [1.807, 2.05) is 20.8 Å². The highest BCUT2D eigenvalue weighted by Crippen LogP contribution is 2.06. The molecule has 0 heterocycles. The SMILES string of the molecule is COCNC(=O)CCCCCNC(=O)OC(C)(C)C. The van der Waals surface area contributed by atoms with Gasteiger partial charge in [-0.05, 0) is 33.6 Å². The Morgan fingerprint density at radius 2 is 1.74 bits per heavy atom. The minimum absolute atomic E-state index is 0.0121. The molecule has 2 amide bonds.